The van der Waals surface area contributed by atoms with Crippen molar-refractivity contribution in [2.24, 2.45) is 0 Å². The number of rotatable bonds is 43. The van der Waals surface area contributed by atoms with E-state index in [0.717, 1.165) is 44.9 Å². The number of hydrogen-bond acceptors (Lipinski definition) is 3. The molecule has 0 heterocycles. The highest BCUT2D eigenvalue weighted by Crippen LogP contribution is 2.15. The topological polar surface area (TPSA) is 69.6 Å². The predicted molar refractivity (Wildman–Crippen MR) is 239 cm³/mol. The number of hydrogen-bond donors (Lipinski definition) is 3. The summed E-state index contributed by atoms with van der Waals surface area (Å²) in [7, 11) is 0. The van der Waals surface area contributed by atoms with E-state index in [1.807, 2.05) is 6.08 Å². The Morgan fingerprint density at radius 1 is 0.444 bits per heavy atom. The molecule has 0 aromatic heterocycles. The van der Waals surface area contributed by atoms with Gasteiger partial charge in [-0.25, -0.2) is 0 Å². The lowest BCUT2D eigenvalue weighted by Gasteiger charge is -2.19. The van der Waals surface area contributed by atoms with E-state index in [0.29, 0.717) is 6.42 Å². The summed E-state index contributed by atoms with van der Waals surface area (Å²) in [5, 5.41) is 23.0. The predicted octanol–water partition coefficient (Wildman–Crippen LogP) is 15.1. The molecule has 0 aliphatic rings. The minimum absolute atomic E-state index is 0.0816. The fraction of sp³-hybridized carbons (Fsp3) is 0.820. The summed E-state index contributed by atoms with van der Waals surface area (Å²) in [6.07, 6.45) is 62.4. The van der Waals surface area contributed by atoms with Gasteiger partial charge in [-0.15, -0.1) is 0 Å². The molecule has 0 aromatic rings. The number of aliphatic hydroxyl groups excluding tert-OH is 2. The molecular formula is C50H93NO3. The molecule has 0 radical (unpaired) electrons. The molecule has 0 aromatic carbocycles. The van der Waals surface area contributed by atoms with Gasteiger partial charge in [-0.3, -0.25) is 4.79 Å². The second-order valence-corrected chi connectivity index (χ2v) is 16.2. The number of carbonyl (C=O) groups is 1. The van der Waals surface area contributed by atoms with E-state index in [1.165, 1.54) is 180 Å². The average Bonchev–Trinajstić information content (AvgIpc) is 3.18. The third-order valence-corrected chi connectivity index (χ3v) is 10.8. The second kappa shape index (κ2) is 45.7. The van der Waals surface area contributed by atoms with Gasteiger partial charge < -0.3 is 15.5 Å². The first-order valence-corrected chi connectivity index (χ1v) is 23.9. The van der Waals surface area contributed by atoms with Gasteiger partial charge in [-0.1, -0.05) is 223 Å². The first kappa shape index (κ1) is 52.3. The summed E-state index contributed by atoms with van der Waals surface area (Å²) in [6.45, 7) is 4.28. The molecule has 54 heavy (non-hydrogen) atoms. The van der Waals surface area contributed by atoms with Crippen molar-refractivity contribution in [3.05, 3.63) is 48.6 Å². The fourth-order valence-corrected chi connectivity index (χ4v) is 7.11. The van der Waals surface area contributed by atoms with Crippen LogP contribution in [0.2, 0.25) is 0 Å². The maximum absolute atomic E-state index is 12.4. The molecule has 0 saturated carbocycles. The van der Waals surface area contributed by atoms with Crippen LogP contribution in [-0.2, 0) is 4.79 Å². The fourth-order valence-electron chi connectivity index (χ4n) is 7.11. The minimum atomic E-state index is -0.866. The van der Waals surface area contributed by atoms with Crippen molar-refractivity contribution in [3.63, 3.8) is 0 Å². The molecule has 4 nitrogen and oxygen atoms in total. The van der Waals surface area contributed by atoms with Crippen LogP contribution in [0.4, 0.5) is 0 Å². The Bertz CT molecular complexity index is 862. The maximum Gasteiger partial charge on any atom is 0.220 e. The van der Waals surface area contributed by atoms with E-state index in [9.17, 15) is 15.0 Å². The van der Waals surface area contributed by atoms with E-state index >= 15 is 0 Å². The van der Waals surface area contributed by atoms with Crippen LogP contribution in [-0.4, -0.2) is 34.9 Å². The van der Waals surface area contributed by atoms with Crippen LogP contribution in [0.1, 0.15) is 245 Å². The maximum atomic E-state index is 12.4. The summed E-state index contributed by atoms with van der Waals surface area (Å²) in [5.41, 5.74) is 0. The Morgan fingerprint density at radius 2 is 0.778 bits per heavy atom. The molecule has 0 rings (SSSR count). The van der Waals surface area contributed by atoms with Gasteiger partial charge in [-0.2, -0.15) is 0 Å². The number of nitrogens with one attached hydrogen (secondary N) is 1. The zero-order chi connectivity index (χ0) is 39.3. The first-order chi connectivity index (χ1) is 26.7. The van der Waals surface area contributed by atoms with E-state index in [2.05, 4.69) is 55.6 Å². The highest BCUT2D eigenvalue weighted by Gasteiger charge is 2.17. The van der Waals surface area contributed by atoms with Gasteiger partial charge in [0.25, 0.3) is 0 Å². The van der Waals surface area contributed by atoms with E-state index in [4.69, 9.17) is 0 Å². The Morgan fingerprint density at radius 3 is 1.22 bits per heavy atom. The van der Waals surface area contributed by atoms with E-state index in [-0.39, 0.29) is 12.5 Å². The Balaban J connectivity index is 3.58. The van der Waals surface area contributed by atoms with Crippen molar-refractivity contribution < 1.29 is 15.0 Å². The number of carbonyl (C=O) groups excluding carboxylic acids is 1. The second-order valence-electron chi connectivity index (χ2n) is 16.2. The van der Waals surface area contributed by atoms with Crippen LogP contribution < -0.4 is 5.32 Å². The number of unbranched alkanes of at least 4 members (excludes halogenated alkanes) is 30. The quantitative estimate of drug-likeness (QED) is 0.0429. The van der Waals surface area contributed by atoms with Crippen molar-refractivity contribution in [1.29, 1.82) is 0 Å². The molecule has 2 atom stereocenters. The highest BCUT2D eigenvalue weighted by molar-refractivity contribution is 5.76. The third-order valence-electron chi connectivity index (χ3n) is 10.8. The number of aliphatic hydroxyl groups is 2. The van der Waals surface area contributed by atoms with Crippen LogP contribution in [0.3, 0.4) is 0 Å². The molecule has 3 N–H and O–H groups in total. The lowest BCUT2D eigenvalue weighted by molar-refractivity contribution is -0.123. The largest absolute Gasteiger partial charge is 0.394 e. The lowest BCUT2D eigenvalue weighted by Crippen LogP contribution is -2.45. The summed E-state index contributed by atoms with van der Waals surface area (Å²) in [5.74, 6) is -0.0816. The molecule has 0 aliphatic heterocycles. The standard InChI is InChI=1S/C50H93NO3/c1-3-5-7-9-11-13-15-17-19-21-22-23-24-25-26-27-28-30-31-33-35-37-39-41-43-45-49(53)48(47-52)51-50(54)46-44-42-40-38-36-34-32-29-20-18-16-14-12-10-8-6-4-2/h12,14,18,20,35,37,43,45,48-49,52-53H,3-11,13,15-17,19,21-34,36,38-42,44,46-47H2,1-2H3,(H,51,54)/b14-12-,20-18-,37-35+,45-43+. The van der Waals surface area contributed by atoms with E-state index < -0.39 is 12.1 Å². The Kier molecular flexibility index (Phi) is 44.3. The van der Waals surface area contributed by atoms with Gasteiger partial charge in [0, 0.05) is 6.42 Å². The highest BCUT2D eigenvalue weighted by atomic mass is 16.3. The minimum Gasteiger partial charge on any atom is -0.394 e. The third kappa shape index (κ3) is 41.5. The average molecular weight is 756 g/mol. The number of amides is 1. The van der Waals surface area contributed by atoms with Gasteiger partial charge in [0.05, 0.1) is 18.8 Å². The molecule has 316 valence electrons. The smallest absolute Gasteiger partial charge is 0.220 e. The van der Waals surface area contributed by atoms with Crippen LogP contribution >= 0.6 is 0 Å². The van der Waals surface area contributed by atoms with Crippen LogP contribution in [0.5, 0.6) is 0 Å². The van der Waals surface area contributed by atoms with Crippen molar-refractivity contribution in [1.82, 2.24) is 5.32 Å². The molecule has 0 aliphatic carbocycles. The summed E-state index contributed by atoms with van der Waals surface area (Å²) in [4.78, 5) is 12.4. The van der Waals surface area contributed by atoms with E-state index in [1.54, 1.807) is 6.08 Å². The van der Waals surface area contributed by atoms with Gasteiger partial charge in [0.15, 0.2) is 0 Å². The van der Waals surface area contributed by atoms with Gasteiger partial charge in [0.1, 0.15) is 0 Å². The van der Waals surface area contributed by atoms with Crippen molar-refractivity contribution in [3.8, 4) is 0 Å². The monoisotopic (exact) mass is 756 g/mol. The molecule has 0 bridgehead atoms. The van der Waals surface area contributed by atoms with Crippen molar-refractivity contribution in [2.45, 2.75) is 257 Å². The lowest BCUT2D eigenvalue weighted by atomic mass is 10.0. The van der Waals surface area contributed by atoms with Gasteiger partial charge in [0.2, 0.25) is 5.91 Å². The molecule has 1 amide bonds. The van der Waals surface area contributed by atoms with Crippen LogP contribution in [0.25, 0.3) is 0 Å². The summed E-state index contributed by atoms with van der Waals surface area (Å²) in [6, 6.07) is -0.644. The Labute approximate surface area is 337 Å². The normalized spacial score (nSPS) is 13.3. The number of allylic oxidation sites excluding steroid dienone is 7. The molecule has 0 spiro atoms. The van der Waals surface area contributed by atoms with Gasteiger partial charge >= 0.3 is 0 Å². The molecular weight excluding hydrogens is 663 g/mol. The molecule has 0 saturated heterocycles. The molecule has 0 fully saturated rings. The van der Waals surface area contributed by atoms with Crippen molar-refractivity contribution >= 4 is 5.91 Å². The van der Waals surface area contributed by atoms with Crippen LogP contribution in [0, 0.1) is 0 Å². The Hall–Kier alpha value is -1.65. The summed E-state index contributed by atoms with van der Waals surface area (Å²) < 4.78 is 0. The summed E-state index contributed by atoms with van der Waals surface area (Å²) >= 11 is 0. The first-order valence-electron chi connectivity index (χ1n) is 23.9. The van der Waals surface area contributed by atoms with Gasteiger partial charge in [-0.05, 0) is 64.2 Å². The molecule has 2 unspecified atom stereocenters. The van der Waals surface area contributed by atoms with Crippen molar-refractivity contribution in [2.75, 3.05) is 6.61 Å². The van der Waals surface area contributed by atoms with Crippen LogP contribution in [0.15, 0.2) is 48.6 Å². The SMILES string of the molecule is CCCCC/C=C\C/C=C\CCCCCCCCCC(=O)NC(CO)C(O)/C=C/CC/C=C/CCCCCCCCCCCCCCCCCCCCC. The zero-order valence-electron chi connectivity index (χ0n) is 36.2. The zero-order valence-corrected chi connectivity index (χ0v) is 36.2. The molecule has 4 heteroatoms.